The quantitative estimate of drug-likeness (QED) is 0.267. The summed E-state index contributed by atoms with van der Waals surface area (Å²) in [5, 5.41) is 14.2. The van der Waals surface area contributed by atoms with Gasteiger partial charge in [0.2, 0.25) is 5.91 Å². The molecule has 10 nitrogen and oxygen atoms in total. The van der Waals surface area contributed by atoms with Crippen molar-refractivity contribution in [3.05, 3.63) is 95.4 Å². The molecule has 244 valence electrons. The van der Waals surface area contributed by atoms with E-state index in [9.17, 15) is 18.8 Å². The minimum atomic E-state index is -0.734. The predicted molar refractivity (Wildman–Crippen MR) is 178 cm³/mol. The van der Waals surface area contributed by atoms with Gasteiger partial charge in [0.15, 0.2) is 0 Å². The first kappa shape index (κ1) is 30.7. The first-order valence-electron chi connectivity index (χ1n) is 16.6. The van der Waals surface area contributed by atoms with Crippen molar-refractivity contribution in [1.82, 2.24) is 30.2 Å². The number of nitrogens with one attached hydrogen (secondary N) is 3. The van der Waals surface area contributed by atoms with Crippen LogP contribution in [0.4, 0.5) is 19.7 Å². The van der Waals surface area contributed by atoms with Crippen molar-refractivity contribution < 1.29 is 18.8 Å². The fraction of sp³-hybridized carbons (Fsp3) is 0.389. The third kappa shape index (κ3) is 6.79. The van der Waals surface area contributed by atoms with Gasteiger partial charge in [-0.2, -0.15) is 5.10 Å². The Labute approximate surface area is 273 Å². The highest BCUT2D eigenvalue weighted by Crippen LogP contribution is 2.29. The van der Waals surface area contributed by atoms with Gasteiger partial charge in [-0.1, -0.05) is 36.4 Å². The summed E-state index contributed by atoms with van der Waals surface area (Å²) in [5.74, 6) is -0.0898. The number of rotatable bonds is 6. The van der Waals surface area contributed by atoms with Crippen LogP contribution in [0.2, 0.25) is 0 Å². The van der Waals surface area contributed by atoms with Crippen LogP contribution in [-0.4, -0.2) is 87.7 Å². The first-order valence-corrected chi connectivity index (χ1v) is 16.6. The van der Waals surface area contributed by atoms with E-state index in [0.717, 1.165) is 52.5 Å². The number of hydrogen-bond acceptors (Lipinski definition) is 4. The van der Waals surface area contributed by atoms with E-state index >= 15 is 0 Å². The van der Waals surface area contributed by atoms with Gasteiger partial charge in [0.1, 0.15) is 11.9 Å². The molecule has 4 aromatic rings. The molecule has 0 saturated carbocycles. The summed E-state index contributed by atoms with van der Waals surface area (Å²) in [5.41, 5.74) is 4.92. The summed E-state index contributed by atoms with van der Waals surface area (Å²) in [4.78, 5) is 46.3. The zero-order valence-electron chi connectivity index (χ0n) is 26.3. The molecule has 1 unspecified atom stereocenters. The number of piperidine rings is 2. The third-order valence-corrected chi connectivity index (χ3v) is 10.0. The lowest BCUT2D eigenvalue weighted by Crippen LogP contribution is -2.56. The molecular weight excluding hydrogens is 597 g/mol. The van der Waals surface area contributed by atoms with Gasteiger partial charge in [0.25, 0.3) is 0 Å². The van der Waals surface area contributed by atoms with E-state index in [0.29, 0.717) is 52.0 Å². The molecule has 0 bridgehead atoms. The molecule has 11 heteroatoms. The minimum Gasteiger partial charge on any atom is -0.341 e. The number of halogens is 1. The lowest BCUT2D eigenvalue weighted by atomic mass is 9.89. The Bertz CT molecular complexity index is 1740. The molecule has 0 radical (unpaired) electrons. The molecule has 5 amide bonds. The SMILES string of the molecule is O=C(NC(Cc1ccc2[nH]ncc2c1)C(=O)N1CCC(c2ccc(F)cc2)CC1)N1CCC(N2CCc3ccccc3NC2=O)CC1. The predicted octanol–water partition coefficient (Wildman–Crippen LogP) is 5.28. The second kappa shape index (κ2) is 13.4. The van der Waals surface area contributed by atoms with Crippen molar-refractivity contribution >= 4 is 34.6 Å². The standard InChI is InChI=1S/C36H40FN7O3/c37-29-8-6-25(7-9-29)26-11-16-42(17-12-26)34(45)33(22-24-5-10-32-28(21-24)23-38-41-32)40-35(46)43-18-14-30(15-19-43)44-20-13-27-3-1-2-4-31(27)39-36(44)47/h1-10,21,23,26,30,33H,11-20,22H2,(H,38,41)(H,39,47)(H,40,46). The number of fused-ring (bicyclic) bond motifs is 2. The number of nitrogens with zero attached hydrogens (tertiary/aromatic N) is 4. The molecule has 1 atom stereocenters. The summed E-state index contributed by atoms with van der Waals surface area (Å²) in [6.07, 6.45) is 5.79. The van der Waals surface area contributed by atoms with Crippen molar-refractivity contribution in [2.45, 2.75) is 56.5 Å². The van der Waals surface area contributed by atoms with Crippen molar-refractivity contribution in [2.75, 3.05) is 38.0 Å². The zero-order chi connectivity index (χ0) is 32.3. The maximum atomic E-state index is 14.0. The number of aromatic nitrogens is 2. The molecule has 3 aliphatic heterocycles. The van der Waals surface area contributed by atoms with Crippen LogP contribution < -0.4 is 10.6 Å². The number of carbonyl (C=O) groups excluding carboxylic acids is 3. The third-order valence-electron chi connectivity index (χ3n) is 10.0. The molecule has 2 fully saturated rings. The number of benzene rings is 3. The number of aromatic amines is 1. The molecule has 1 aromatic heterocycles. The maximum Gasteiger partial charge on any atom is 0.322 e. The monoisotopic (exact) mass is 637 g/mol. The Morgan fingerprint density at radius 1 is 0.915 bits per heavy atom. The number of amides is 5. The highest BCUT2D eigenvalue weighted by molar-refractivity contribution is 5.91. The van der Waals surface area contributed by atoms with E-state index in [1.54, 1.807) is 11.1 Å². The number of H-pyrrole nitrogens is 1. The average molecular weight is 638 g/mol. The number of anilines is 1. The Morgan fingerprint density at radius 2 is 1.66 bits per heavy atom. The molecule has 3 aliphatic rings. The van der Waals surface area contributed by atoms with Gasteiger partial charge < -0.3 is 25.3 Å². The number of hydrogen-bond donors (Lipinski definition) is 3. The van der Waals surface area contributed by atoms with Crippen molar-refractivity contribution in [3.63, 3.8) is 0 Å². The lowest BCUT2D eigenvalue weighted by Gasteiger charge is -2.39. The molecule has 7 rings (SSSR count). The van der Waals surface area contributed by atoms with Gasteiger partial charge in [0, 0.05) is 56.3 Å². The summed E-state index contributed by atoms with van der Waals surface area (Å²) >= 11 is 0. The van der Waals surface area contributed by atoms with Crippen molar-refractivity contribution in [3.8, 4) is 0 Å². The first-order chi connectivity index (χ1) is 22.9. The topological polar surface area (TPSA) is 114 Å². The van der Waals surface area contributed by atoms with Crippen LogP contribution in [0.25, 0.3) is 10.9 Å². The molecule has 3 aromatic carbocycles. The van der Waals surface area contributed by atoms with Gasteiger partial charge in [-0.05, 0) is 85.0 Å². The van der Waals surface area contributed by atoms with Crippen LogP contribution in [0, 0.1) is 5.82 Å². The fourth-order valence-electron chi connectivity index (χ4n) is 7.30. The normalized spacial score (nSPS) is 18.4. The highest BCUT2D eigenvalue weighted by atomic mass is 19.1. The molecule has 0 aliphatic carbocycles. The van der Waals surface area contributed by atoms with Gasteiger partial charge in [-0.3, -0.25) is 9.89 Å². The molecule has 0 spiro atoms. The van der Waals surface area contributed by atoms with E-state index in [2.05, 4.69) is 20.8 Å². The highest BCUT2D eigenvalue weighted by Gasteiger charge is 2.34. The van der Waals surface area contributed by atoms with Gasteiger partial charge in [0.05, 0.1) is 11.7 Å². The van der Waals surface area contributed by atoms with Crippen molar-refractivity contribution in [2.24, 2.45) is 0 Å². The van der Waals surface area contributed by atoms with Crippen molar-refractivity contribution in [1.29, 1.82) is 0 Å². The molecule has 4 heterocycles. The summed E-state index contributed by atoms with van der Waals surface area (Å²) in [6, 6.07) is 19.4. The second-order valence-electron chi connectivity index (χ2n) is 12.9. The van der Waals surface area contributed by atoms with Crippen LogP contribution in [0.3, 0.4) is 0 Å². The summed E-state index contributed by atoms with van der Waals surface area (Å²) in [6.45, 7) is 2.77. The number of para-hydroxylation sites is 1. The lowest BCUT2D eigenvalue weighted by molar-refractivity contribution is -0.134. The van der Waals surface area contributed by atoms with Crippen LogP contribution in [0.5, 0.6) is 0 Å². The Kier molecular flexibility index (Phi) is 8.78. The maximum absolute atomic E-state index is 14.0. The number of carbonyl (C=O) groups is 3. The summed E-state index contributed by atoms with van der Waals surface area (Å²) in [7, 11) is 0. The average Bonchev–Trinajstić information content (AvgIpc) is 3.50. The van der Waals surface area contributed by atoms with E-state index in [-0.39, 0.29) is 35.7 Å². The van der Waals surface area contributed by atoms with Gasteiger partial charge in [-0.25, -0.2) is 14.0 Å². The Hall–Kier alpha value is -4.93. The van der Waals surface area contributed by atoms with Crippen LogP contribution in [0.15, 0.2) is 72.9 Å². The zero-order valence-corrected chi connectivity index (χ0v) is 26.3. The Morgan fingerprint density at radius 3 is 2.45 bits per heavy atom. The van der Waals surface area contributed by atoms with E-state index in [4.69, 9.17) is 0 Å². The second-order valence-corrected chi connectivity index (χ2v) is 12.9. The van der Waals surface area contributed by atoms with Crippen LogP contribution in [-0.2, 0) is 17.6 Å². The fourth-order valence-corrected chi connectivity index (χ4v) is 7.30. The minimum absolute atomic E-state index is 0.0369. The molecule has 3 N–H and O–H groups in total. The molecule has 2 saturated heterocycles. The van der Waals surface area contributed by atoms with Crippen LogP contribution >= 0.6 is 0 Å². The Balaban J connectivity index is 0.997. The van der Waals surface area contributed by atoms with Gasteiger partial charge in [-0.15, -0.1) is 0 Å². The molecule has 47 heavy (non-hydrogen) atoms. The largest absolute Gasteiger partial charge is 0.341 e. The number of likely N-dealkylation sites (tertiary alicyclic amines) is 2. The summed E-state index contributed by atoms with van der Waals surface area (Å²) < 4.78 is 13.5. The molecular formula is C36H40FN7O3. The smallest absolute Gasteiger partial charge is 0.322 e. The van der Waals surface area contributed by atoms with Crippen LogP contribution in [0.1, 0.15) is 48.3 Å². The van der Waals surface area contributed by atoms with E-state index in [1.165, 1.54) is 12.1 Å². The number of urea groups is 2. The van der Waals surface area contributed by atoms with E-state index < -0.39 is 6.04 Å². The van der Waals surface area contributed by atoms with Gasteiger partial charge >= 0.3 is 12.1 Å². The van der Waals surface area contributed by atoms with E-state index in [1.807, 2.05) is 64.4 Å².